The van der Waals surface area contributed by atoms with E-state index < -0.39 is 5.60 Å². The molecule has 0 aliphatic heterocycles. The van der Waals surface area contributed by atoms with Gasteiger partial charge in [0.15, 0.2) is 5.96 Å². The van der Waals surface area contributed by atoms with Crippen molar-refractivity contribution in [2.24, 2.45) is 4.99 Å². The van der Waals surface area contributed by atoms with E-state index in [1.807, 2.05) is 39.8 Å². The number of anilines is 1. The van der Waals surface area contributed by atoms with Gasteiger partial charge in [-0.05, 0) is 58.4 Å². The summed E-state index contributed by atoms with van der Waals surface area (Å²) in [6.45, 7) is 10.4. The number of rotatable bonds is 8. The number of nitrogens with one attached hydrogen (secondary N) is 3. The van der Waals surface area contributed by atoms with Crippen LogP contribution >= 0.6 is 35.6 Å². The number of amides is 1. The van der Waals surface area contributed by atoms with E-state index in [0.29, 0.717) is 41.1 Å². The number of carbonyl (C=O) groups excluding carboxylic acids is 1. The van der Waals surface area contributed by atoms with Crippen molar-refractivity contribution < 1.29 is 14.3 Å². The van der Waals surface area contributed by atoms with Gasteiger partial charge in [0.2, 0.25) is 5.91 Å². The van der Waals surface area contributed by atoms with Crippen molar-refractivity contribution in [2.75, 3.05) is 25.0 Å². The molecular weight excluding hydrogens is 531 g/mol. The Hall–Kier alpha value is -1.78. The number of aliphatic hydroxyl groups is 1. The Morgan fingerprint density at radius 1 is 1.23 bits per heavy atom. The molecule has 0 radical (unpaired) electrons. The van der Waals surface area contributed by atoms with Crippen LogP contribution in [-0.2, 0) is 10.4 Å². The Morgan fingerprint density at radius 2 is 1.94 bits per heavy atom. The molecule has 1 aromatic carbocycles. The molecule has 31 heavy (non-hydrogen) atoms. The van der Waals surface area contributed by atoms with E-state index in [-0.39, 0.29) is 42.8 Å². The van der Waals surface area contributed by atoms with E-state index in [4.69, 9.17) is 16.0 Å². The molecule has 0 saturated carbocycles. The van der Waals surface area contributed by atoms with Crippen LogP contribution < -0.4 is 16.0 Å². The highest BCUT2D eigenvalue weighted by Gasteiger charge is 2.27. The molecule has 1 unspecified atom stereocenters. The van der Waals surface area contributed by atoms with Gasteiger partial charge in [-0.1, -0.05) is 17.7 Å². The minimum Gasteiger partial charge on any atom is -0.466 e. The Balaban J connectivity index is 0.00000480. The Kier molecular flexibility index (Phi) is 10.8. The zero-order chi connectivity index (χ0) is 22.3. The van der Waals surface area contributed by atoms with E-state index in [2.05, 4.69) is 20.9 Å². The summed E-state index contributed by atoms with van der Waals surface area (Å²) in [5, 5.41) is 20.4. The van der Waals surface area contributed by atoms with E-state index >= 15 is 0 Å². The molecule has 0 aliphatic rings. The smallest absolute Gasteiger partial charge is 0.226 e. The molecule has 0 saturated heterocycles. The largest absolute Gasteiger partial charge is 0.466 e. The van der Waals surface area contributed by atoms with Gasteiger partial charge in [0.05, 0.1) is 17.3 Å². The van der Waals surface area contributed by atoms with Gasteiger partial charge in [-0.25, -0.2) is 4.99 Å². The molecule has 172 valence electrons. The minimum atomic E-state index is -1.16. The summed E-state index contributed by atoms with van der Waals surface area (Å²) in [5.41, 5.74) is 1.18. The Morgan fingerprint density at radius 3 is 2.52 bits per heavy atom. The number of hydrogen-bond acceptors (Lipinski definition) is 4. The molecule has 2 aromatic rings. The van der Waals surface area contributed by atoms with Crippen molar-refractivity contribution in [3.05, 3.63) is 51.9 Å². The Bertz CT molecular complexity index is 912. The topological polar surface area (TPSA) is 98.9 Å². The highest BCUT2D eigenvalue weighted by atomic mass is 127. The molecule has 1 heterocycles. The van der Waals surface area contributed by atoms with E-state index in [1.54, 1.807) is 19.1 Å². The van der Waals surface area contributed by atoms with Gasteiger partial charge in [0.1, 0.15) is 17.1 Å². The van der Waals surface area contributed by atoms with Gasteiger partial charge < -0.3 is 25.5 Å². The summed E-state index contributed by atoms with van der Waals surface area (Å²) in [6.07, 6.45) is 0.241. The van der Waals surface area contributed by atoms with Crippen LogP contribution in [0.3, 0.4) is 0 Å². The van der Waals surface area contributed by atoms with E-state index in [1.165, 1.54) is 0 Å². The predicted octanol–water partition coefficient (Wildman–Crippen LogP) is 4.27. The molecule has 1 atom stereocenters. The number of halogens is 2. The number of hydrogen-bond donors (Lipinski definition) is 4. The third-order valence-corrected chi connectivity index (χ3v) is 4.87. The molecule has 0 bridgehead atoms. The number of benzene rings is 1. The minimum absolute atomic E-state index is 0. The van der Waals surface area contributed by atoms with Crippen LogP contribution in [0.4, 0.5) is 5.69 Å². The molecule has 0 aliphatic carbocycles. The average Bonchev–Trinajstić information content (AvgIpc) is 3.01. The number of nitrogens with zero attached hydrogens (tertiary/aromatic N) is 1. The Labute approximate surface area is 206 Å². The molecule has 1 aromatic heterocycles. The van der Waals surface area contributed by atoms with Gasteiger partial charge in [-0.3, -0.25) is 4.79 Å². The van der Waals surface area contributed by atoms with Crippen LogP contribution in [-0.4, -0.2) is 36.6 Å². The fourth-order valence-electron chi connectivity index (χ4n) is 3.05. The summed E-state index contributed by atoms with van der Waals surface area (Å²) < 4.78 is 5.52. The van der Waals surface area contributed by atoms with Crippen LogP contribution in [0.5, 0.6) is 0 Å². The van der Waals surface area contributed by atoms with Crippen molar-refractivity contribution in [1.29, 1.82) is 0 Å². The van der Waals surface area contributed by atoms with Crippen molar-refractivity contribution >= 4 is 53.1 Å². The second-order valence-electron chi connectivity index (χ2n) is 7.50. The van der Waals surface area contributed by atoms with Gasteiger partial charge in [-0.2, -0.15) is 0 Å². The highest BCUT2D eigenvalue weighted by Crippen LogP contribution is 2.27. The summed E-state index contributed by atoms with van der Waals surface area (Å²) >= 11 is 6.16. The standard InChI is InChI=1S/C22H31ClN4O3.HI/c1-6-24-21(26-13-22(5,29)17-12-15(3)30-16(17)4)25-10-9-20(28)27-19-8-7-14(2)11-18(19)23;/h7-8,11-12,29H,6,9-10,13H2,1-5H3,(H,27,28)(H2,24,25,26);1H. The van der Waals surface area contributed by atoms with Crippen LogP contribution in [0.2, 0.25) is 5.02 Å². The van der Waals surface area contributed by atoms with Crippen molar-refractivity contribution in [1.82, 2.24) is 10.6 Å². The third-order valence-electron chi connectivity index (χ3n) is 4.55. The van der Waals surface area contributed by atoms with Crippen molar-refractivity contribution in [3.8, 4) is 0 Å². The van der Waals surface area contributed by atoms with Gasteiger partial charge in [-0.15, -0.1) is 24.0 Å². The second-order valence-corrected chi connectivity index (χ2v) is 7.91. The molecular formula is C22H32ClIN4O3. The lowest BCUT2D eigenvalue weighted by Gasteiger charge is -2.21. The van der Waals surface area contributed by atoms with Crippen molar-refractivity contribution in [3.63, 3.8) is 0 Å². The number of guanidine groups is 1. The number of aryl methyl sites for hydroxylation is 3. The van der Waals surface area contributed by atoms with Gasteiger partial charge in [0.25, 0.3) is 0 Å². The zero-order valence-electron chi connectivity index (χ0n) is 18.6. The lowest BCUT2D eigenvalue weighted by Crippen LogP contribution is -2.40. The summed E-state index contributed by atoms with van der Waals surface area (Å²) in [7, 11) is 0. The molecule has 1 amide bonds. The van der Waals surface area contributed by atoms with E-state index in [0.717, 1.165) is 11.3 Å². The maximum Gasteiger partial charge on any atom is 0.226 e. The van der Waals surface area contributed by atoms with Gasteiger partial charge >= 0.3 is 0 Å². The maximum atomic E-state index is 12.2. The van der Waals surface area contributed by atoms with Crippen LogP contribution in [0, 0.1) is 20.8 Å². The van der Waals surface area contributed by atoms with Gasteiger partial charge in [0, 0.05) is 25.1 Å². The lowest BCUT2D eigenvalue weighted by molar-refractivity contribution is -0.116. The first-order valence-corrected chi connectivity index (χ1v) is 10.4. The SMILES string of the molecule is CCNC(=NCC(C)(O)c1cc(C)oc1C)NCCC(=O)Nc1ccc(C)cc1Cl.I. The number of aliphatic imine (C=N–C) groups is 1. The number of furan rings is 1. The second kappa shape index (κ2) is 12.3. The first kappa shape index (κ1) is 27.3. The van der Waals surface area contributed by atoms with Crippen LogP contribution in [0.25, 0.3) is 0 Å². The molecule has 0 fully saturated rings. The first-order valence-electron chi connectivity index (χ1n) is 10.0. The third kappa shape index (κ3) is 8.34. The number of carbonyl (C=O) groups is 1. The average molecular weight is 563 g/mol. The first-order chi connectivity index (χ1) is 14.1. The normalized spacial score (nSPS) is 13.2. The van der Waals surface area contributed by atoms with E-state index in [9.17, 15) is 9.90 Å². The maximum absolute atomic E-state index is 12.2. The lowest BCUT2D eigenvalue weighted by atomic mass is 9.96. The summed E-state index contributed by atoms with van der Waals surface area (Å²) in [6, 6.07) is 7.31. The van der Waals surface area contributed by atoms with Crippen molar-refractivity contribution in [2.45, 2.75) is 46.6 Å². The quantitative estimate of drug-likeness (QED) is 0.219. The molecule has 7 nitrogen and oxygen atoms in total. The van der Waals surface area contributed by atoms with Crippen LogP contribution in [0.1, 0.15) is 42.9 Å². The zero-order valence-corrected chi connectivity index (χ0v) is 21.7. The highest BCUT2D eigenvalue weighted by molar-refractivity contribution is 14.0. The predicted molar refractivity (Wildman–Crippen MR) is 137 cm³/mol. The molecule has 9 heteroatoms. The fourth-order valence-corrected chi connectivity index (χ4v) is 3.34. The molecule has 2 rings (SSSR count). The summed E-state index contributed by atoms with van der Waals surface area (Å²) in [5.74, 6) is 1.80. The monoisotopic (exact) mass is 562 g/mol. The summed E-state index contributed by atoms with van der Waals surface area (Å²) in [4.78, 5) is 16.7. The molecule has 0 spiro atoms. The molecule has 4 N–H and O–H groups in total. The van der Waals surface area contributed by atoms with Crippen LogP contribution in [0.15, 0.2) is 33.7 Å². The fraction of sp³-hybridized carbons (Fsp3) is 0.455.